The van der Waals surface area contributed by atoms with Gasteiger partial charge in [-0.25, -0.2) is 4.98 Å². The van der Waals surface area contributed by atoms with E-state index in [-0.39, 0.29) is 11.2 Å². The van der Waals surface area contributed by atoms with Crippen LogP contribution in [0.25, 0.3) is 0 Å². The Balaban J connectivity index is 2.41. The summed E-state index contributed by atoms with van der Waals surface area (Å²) in [6.07, 6.45) is 3.14. The fraction of sp³-hybridized carbons (Fsp3) is 0.250. The van der Waals surface area contributed by atoms with Crippen LogP contribution in [0.3, 0.4) is 0 Å². The van der Waals surface area contributed by atoms with Gasteiger partial charge >= 0.3 is 0 Å². The maximum atomic E-state index is 9.22. The molecule has 1 aromatic heterocycles. The molecule has 0 spiro atoms. The second kappa shape index (κ2) is 3.42. The second-order valence-corrected chi connectivity index (χ2v) is 4.04. The molecule has 0 aliphatic rings. The van der Waals surface area contributed by atoms with Crippen molar-refractivity contribution in [3.8, 4) is 5.75 Å². The molecule has 0 aliphatic carbocycles. The molecule has 15 heavy (non-hydrogen) atoms. The van der Waals surface area contributed by atoms with Crippen LogP contribution >= 0.6 is 0 Å². The molecule has 0 saturated carbocycles. The predicted molar refractivity (Wildman–Crippen MR) is 56.7 cm³/mol. The summed E-state index contributed by atoms with van der Waals surface area (Å²) in [5, 5.41) is 9.22. The van der Waals surface area contributed by atoms with Crippen LogP contribution in [0, 0.1) is 0 Å². The van der Waals surface area contributed by atoms with E-state index in [1.807, 2.05) is 12.1 Å². The van der Waals surface area contributed by atoms with Gasteiger partial charge in [0.25, 0.3) is 0 Å². The highest BCUT2D eigenvalue weighted by atomic mass is 16.3. The Labute approximate surface area is 88.4 Å². The quantitative estimate of drug-likeness (QED) is 0.816. The zero-order valence-corrected chi connectivity index (χ0v) is 8.77. The van der Waals surface area contributed by atoms with Gasteiger partial charge in [0.2, 0.25) is 0 Å². The van der Waals surface area contributed by atoms with Crippen molar-refractivity contribution >= 4 is 0 Å². The van der Waals surface area contributed by atoms with E-state index in [0.29, 0.717) is 0 Å². The molecule has 78 valence electrons. The van der Waals surface area contributed by atoms with Crippen molar-refractivity contribution in [3.05, 3.63) is 48.2 Å². The third kappa shape index (κ3) is 1.73. The van der Waals surface area contributed by atoms with Crippen LogP contribution in [0.15, 0.2) is 41.3 Å². The van der Waals surface area contributed by atoms with Crippen molar-refractivity contribution in [2.24, 2.45) is 0 Å². The molecular weight excluding hydrogens is 190 g/mol. The highest BCUT2D eigenvalue weighted by molar-refractivity contribution is 5.35. The minimum Gasteiger partial charge on any atom is -0.508 e. The SMILES string of the molecule is CC(C)(c1ccc(O)cc1)c1cnco1. The van der Waals surface area contributed by atoms with Gasteiger partial charge in [0.15, 0.2) is 6.39 Å². The smallest absolute Gasteiger partial charge is 0.180 e. The lowest BCUT2D eigenvalue weighted by atomic mass is 9.83. The second-order valence-electron chi connectivity index (χ2n) is 4.04. The Bertz CT molecular complexity index is 429. The summed E-state index contributed by atoms with van der Waals surface area (Å²) in [5.41, 5.74) is 0.849. The molecule has 0 radical (unpaired) electrons. The lowest BCUT2D eigenvalue weighted by Gasteiger charge is -2.21. The predicted octanol–water partition coefficient (Wildman–Crippen LogP) is 2.71. The van der Waals surface area contributed by atoms with Gasteiger partial charge < -0.3 is 9.52 Å². The van der Waals surface area contributed by atoms with Crippen LogP contribution < -0.4 is 0 Å². The topological polar surface area (TPSA) is 46.3 Å². The summed E-state index contributed by atoms with van der Waals surface area (Å²) >= 11 is 0. The number of phenolic OH excluding ortho intramolecular Hbond substituents is 1. The molecule has 2 aromatic rings. The van der Waals surface area contributed by atoms with E-state index in [9.17, 15) is 5.11 Å². The number of hydrogen-bond acceptors (Lipinski definition) is 3. The van der Waals surface area contributed by atoms with Crippen LogP contribution in [0.4, 0.5) is 0 Å². The van der Waals surface area contributed by atoms with Gasteiger partial charge in [-0.05, 0) is 31.5 Å². The molecule has 0 amide bonds. The van der Waals surface area contributed by atoms with Gasteiger partial charge in [-0.2, -0.15) is 0 Å². The molecule has 0 atom stereocenters. The number of aromatic nitrogens is 1. The molecular formula is C12H13NO2. The first-order chi connectivity index (χ1) is 7.10. The summed E-state index contributed by atoms with van der Waals surface area (Å²) in [6.45, 7) is 4.11. The molecule has 0 fully saturated rings. The highest BCUT2D eigenvalue weighted by Gasteiger charge is 2.26. The first-order valence-electron chi connectivity index (χ1n) is 4.79. The number of benzene rings is 1. The standard InChI is InChI=1S/C12H13NO2/c1-12(2,11-7-13-8-15-11)9-3-5-10(14)6-4-9/h3-8,14H,1-2H3. The van der Waals surface area contributed by atoms with Gasteiger partial charge in [-0.1, -0.05) is 12.1 Å². The van der Waals surface area contributed by atoms with Crippen LogP contribution in [-0.4, -0.2) is 10.1 Å². The van der Waals surface area contributed by atoms with E-state index in [1.165, 1.54) is 6.39 Å². The van der Waals surface area contributed by atoms with Crippen molar-refractivity contribution in [1.82, 2.24) is 4.98 Å². The van der Waals surface area contributed by atoms with Crippen LogP contribution in [0.1, 0.15) is 25.2 Å². The Hall–Kier alpha value is -1.77. The Morgan fingerprint density at radius 1 is 1.20 bits per heavy atom. The molecule has 1 heterocycles. The normalized spacial score (nSPS) is 11.6. The van der Waals surface area contributed by atoms with E-state index in [1.54, 1.807) is 18.3 Å². The van der Waals surface area contributed by atoms with E-state index >= 15 is 0 Å². The maximum absolute atomic E-state index is 9.22. The van der Waals surface area contributed by atoms with Crippen LogP contribution in [-0.2, 0) is 5.41 Å². The molecule has 0 aliphatic heterocycles. The van der Waals surface area contributed by atoms with Gasteiger partial charge in [-0.3, -0.25) is 0 Å². The molecule has 0 unspecified atom stereocenters. The summed E-state index contributed by atoms with van der Waals surface area (Å²) in [4.78, 5) is 3.92. The van der Waals surface area contributed by atoms with E-state index in [0.717, 1.165) is 11.3 Å². The first kappa shape index (κ1) is 9.77. The minimum absolute atomic E-state index is 0.232. The Morgan fingerprint density at radius 2 is 1.87 bits per heavy atom. The number of rotatable bonds is 2. The molecule has 0 bridgehead atoms. The zero-order chi connectivity index (χ0) is 10.9. The maximum Gasteiger partial charge on any atom is 0.180 e. The number of nitrogens with zero attached hydrogens (tertiary/aromatic N) is 1. The third-order valence-corrected chi connectivity index (χ3v) is 2.64. The summed E-state index contributed by atoms with van der Waals surface area (Å²) in [7, 11) is 0. The molecule has 2 rings (SSSR count). The van der Waals surface area contributed by atoms with Gasteiger partial charge in [0.1, 0.15) is 11.5 Å². The monoisotopic (exact) mass is 203 g/mol. The minimum atomic E-state index is -0.232. The molecule has 1 aromatic carbocycles. The molecule has 3 heteroatoms. The van der Waals surface area contributed by atoms with Gasteiger partial charge in [-0.15, -0.1) is 0 Å². The van der Waals surface area contributed by atoms with Crippen LogP contribution in [0.5, 0.6) is 5.75 Å². The Kier molecular flexibility index (Phi) is 2.23. The summed E-state index contributed by atoms with van der Waals surface area (Å²) in [5.74, 6) is 1.08. The van der Waals surface area contributed by atoms with Gasteiger partial charge in [0.05, 0.1) is 6.20 Å². The number of aromatic hydroxyl groups is 1. The zero-order valence-electron chi connectivity index (χ0n) is 8.77. The van der Waals surface area contributed by atoms with Crippen LogP contribution in [0.2, 0.25) is 0 Å². The Morgan fingerprint density at radius 3 is 2.40 bits per heavy atom. The fourth-order valence-corrected chi connectivity index (χ4v) is 1.54. The first-order valence-corrected chi connectivity index (χ1v) is 4.79. The lowest BCUT2D eigenvalue weighted by Crippen LogP contribution is -2.17. The highest BCUT2D eigenvalue weighted by Crippen LogP contribution is 2.31. The lowest BCUT2D eigenvalue weighted by molar-refractivity contribution is 0.426. The van der Waals surface area contributed by atoms with E-state index < -0.39 is 0 Å². The van der Waals surface area contributed by atoms with Crippen molar-refractivity contribution < 1.29 is 9.52 Å². The number of oxazole rings is 1. The van der Waals surface area contributed by atoms with Crippen molar-refractivity contribution in [3.63, 3.8) is 0 Å². The average Bonchev–Trinajstić information content (AvgIpc) is 2.71. The van der Waals surface area contributed by atoms with Crippen molar-refractivity contribution in [2.45, 2.75) is 19.3 Å². The average molecular weight is 203 g/mol. The van der Waals surface area contributed by atoms with Crippen molar-refractivity contribution in [1.29, 1.82) is 0 Å². The largest absolute Gasteiger partial charge is 0.508 e. The number of hydrogen-bond donors (Lipinski definition) is 1. The summed E-state index contributed by atoms with van der Waals surface area (Å²) in [6, 6.07) is 7.12. The fourth-order valence-electron chi connectivity index (χ4n) is 1.54. The van der Waals surface area contributed by atoms with Gasteiger partial charge in [0, 0.05) is 5.41 Å². The molecule has 0 saturated heterocycles. The number of phenols is 1. The molecule has 3 nitrogen and oxygen atoms in total. The van der Waals surface area contributed by atoms with Crippen molar-refractivity contribution in [2.75, 3.05) is 0 Å². The van der Waals surface area contributed by atoms with E-state index in [4.69, 9.17) is 4.42 Å². The molecule has 1 N–H and O–H groups in total. The summed E-state index contributed by atoms with van der Waals surface area (Å²) < 4.78 is 5.31. The van der Waals surface area contributed by atoms with E-state index in [2.05, 4.69) is 18.8 Å². The third-order valence-electron chi connectivity index (χ3n) is 2.64.